The Morgan fingerprint density at radius 1 is 0.903 bits per heavy atom. The molecule has 0 spiro atoms. The third kappa shape index (κ3) is 6.98. The van der Waals surface area contributed by atoms with Gasteiger partial charge in [-0.2, -0.15) is 0 Å². The molecule has 2 fully saturated rings. The zero-order valence-corrected chi connectivity index (χ0v) is 20.7. The Morgan fingerprint density at radius 2 is 1.55 bits per heavy atom. The number of benzene rings is 2. The molecule has 0 aromatic heterocycles. The van der Waals surface area contributed by atoms with Crippen LogP contribution in [-0.4, -0.2) is 48.1 Å². The van der Waals surface area contributed by atoms with Crippen molar-refractivity contribution in [3.63, 3.8) is 0 Å². The molecule has 0 atom stereocenters. The lowest BCUT2D eigenvalue weighted by molar-refractivity contribution is 0.147. The first-order valence-electron chi connectivity index (χ1n) is 10.7. The van der Waals surface area contributed by atoms with Gasteiger partial charge in [0.2, 0.25) is 0 Å². The van der Waals surface area contributed by atoms with Crippen molar-refractivity contribution in [3.05, 3.63) is 65.2 Å². The van der Waals surface area contributed by atoms with Gasteiger partial charge in [-0.25, -0.2) is 0 Å². The lowest BCUT2D eigenvalue weighted by Crippen LogP contribution is -2.43. The Hall–Kier alpha value is -1.01. The summed E-state index contributed by atoms with van der Waals surface area (Å²) < 4.78 is 0. The van der Waals surface area contributed by atoms with Crippen molar-refractivity contribution in [1.29, 1.82) is 0 Å². The molecule has 2 aliphatic rings. The summed E-state index contributed by atoms with van der Waals surface area (Å²) in [6, 6.07) is 17.0. The molecule has 2 aromatic carbocycles. The number of nitrogens with one attached hydrogen (secondary N) is 1. The molecule has 1 saturated heterocycles. The van der Waals surface area contributed by atoms with E-state index in [0.29, 0.717) is 5.75 Å². The van der Waals surface area contributed by atoms with Gasteiger partial charge in [0.25, 0.3) is 0 Å². The Labute approximate surface area is 205 Å². The van der Waals surface area contributed by atoms with Crippen LogP contribution in [0.25, 0.3) is 0 Å². The minimum atomic E-state index is 0. The van der Waals surface area contributed by atoms with Crippen molar-refractivity contribution in [2.45, 2.75) is 44.3 Å². The maximum atomic E-state index is 10.4. The summed E-state index contributed by atoms with van der Waals surface area (Å²) in [5.74, 6) is 0.418. The molecule has 0 radical (unpaired) electrons. The molecule has 7 heteroatoms. The molecule has 1 heterocycles. The van der Waals surface area contributed by atoms with E-state index in [1.54, 1.807) is 0 Å². The summed E-state index contributed by atoms with van der Waals surface area (Å²) in [4.78, 5) is 4.80. The van der Waals surface area contributed by atoms with Crippen LogP contribution >= 0.6 is 37.2 Å². The lowest BCUT2D eigenvalue weighted by atomic mass is 9.88. The normalized spacial score (nSPS) is 18.5. The van der Waals surface area contributed by atoms with Crippen LogP contribution in [0.3, 0.4) is 0 Å². The Kier molecular flexibility index (Phi) is 11.6. The number of phenols is 1. The SMILES string of the molecule is CN1CCN(Cc2cc(CNC3(c4ccccc4)CCCC3)ccc2O)CC1.Cl.Cl.Cl. The summed E-state index contributed by atoms with van der Waals surface area (Å²) in [6.45, 7) is 6.00. The van der Waals surface area contributed by atoms with Crippen LogP contribution in [0.5, 0.6) is 5.75 Å². The number of rotatable bonds is 6. The van der Waals surface area contributed by atoms with Gasteiger partial charge in [0.05, 0.1) is 0 Å². The van der Waals surface area contributed by atoms with Crippen molar-refractivity contribution in [2.75, 3.05) is 33.2 Å². The van der Waals surface area contributed by atoms with E-state index in [4.69, 9.17) is 0 Å². The zero-order chi connectivity index (χ0) is 19.4. The van der Waals surface area contributed by atoms with Gasteiger partial charge < -0.3 is 15.3 Å². The summed E-state index contributed by atoms with van der Waals surface area (Å²) in [5, 5.41) is 14.3. The van der Waals surface area contributed by atoms with E-state index in [2.05, 4.69) is 64.6 Å². The molecule has 174 valence electrons. The molecule has 0 bridgehead atoms. The molecule has 0 unspecified atom stereocenters. The highest BCUT2D eigenvalue weighted by Gasteiger charge is 2.34. The number of phenolic OH excluding ortho intramolecular Hbond substituents is 1. The molecule has 1 aliphatic heterocycles. The van der Waals surface area contributed by atoms with E-state index in [1.807, 2.05) is 6.07 Å². The van der Waals surface area contributed by atoms with Gasteiger partial charge in [0.1, 0.15) is 5.75 Å². The summed E-state index contributed by atoms with van der Waals surface area (Å²) in [5.41, 5.74) is 3.80. The van der Waals surface area contributed by atoms with Gasteiger partial charge in [0.15, 0.2) is 0 Å². The highest BCUT2D eigenvalue weighted by molar-refractivity contribution is 5.86. The van der Waals surface area contributed by atoms with Gasteiger partial charge in [0, 0.05) is 50.4 Å². The van der Waals surface area contributed by atoms with Gasteiger partial charge in [-0.3, -0.25) is 4.90 Å². The molecule has 4 rings (SSSR count). The molecule has 0 amide bonds. The van der Waals surface area contributed by atoms with Crippen LogP contribution in [0.1, 0.15) is 42.4 Å². The number of hydrogen-bond donors (Lipinski definition) is 2. The first-order chi connectivity index (χ1) is 13.6. The average Bonchev–Trinajstić information content (AvgIpc) is 3.21. The summed E-state index contributed by atoms with van der Waals surface area (Å²) in [6.07, 6.45) is 4.96. The van der Waals surface area contributed by atoms with E-state index in [0.717, 1.165) is 44.8 Å². The molecule has 4 nitrogen and oxygen atoms in total. The van der Waals surface area contributed by atoms with E-state index in [1.165, 1.54) is 36.8 Å². The standard InChI is InChI=1S/C24H33N3O.3ClH/c1-26-13-15-27(16-14-26)19-21-17-20(9-10-23(21)28)18-25-24(11-5-6-12-24)22-7-3-2-4-8-22;;;/h2-4,7-10,17,25,28H,5-6,11-16,18-19H2,1H3;3*1H. The van der Waals surface area contributed by atoms with Crippen molar-refractivity contribution in [3.8, 4) is 5.75 Å². The Bertz CT molecular complexity index is 777. The molecule has 1 saturated carbocycles. The first-order valence-corrected chi connectivity index (χ1v) is 10.7. The fourth-order valence-electron chi connectivity index (χ4n) is 4.70. The average molecular weight is 489 g/mol. The van der Waals surface area contributed by atoms with E-state index < -0.39 is 0 Å². The summed E-state index contributed by atoms with van der Waals surface area (Å²) >= 11 is 0. The van der Waals surface area contributed by atoms with Crippen LogP contribution in [0, 0.1) is 0 Å². The number of nitrogens with zero attached hydrogens (tertiary/aromatic N) is 2. The Morgan fingerprint density at radius 3 is 2.19 bits per heavy atom. The lowest BCUT2D eigenvalue weighted by Gasteiger charge is -2.33. The molecule has 2 N–H and O–H groups in total. The van der Waals surface area contributed by atoms with Gasteiger partial charge in [-0.1, -0.05) is 49.2 Å². The van der Waals surface area contributed by atoms with Crippen molar-refractivity contribution in [2.24, 2.45) is 0 Å². The summed E-state index contributed by atoms with van der Waals surface area (Å²) in [7, 11) is 2.17. The van der Waals surface area contributed by atoms with Crippen LogP contribution in [0.4, 0.5) is 0 Å². The van der Waals surface area contributed by atoms with Crippen molar-refractivity contribution in [1.82, 2.24) is 15.1 Å². The number of likely N-dealkylation sites (N-methyl/N-ethyl adjacent to an activating group) is 1. The minimum absolute atomic E-state index is 0. The predicted molar refractivity (Wildman–Crippen MR) is 136 cm³/mol. The van der Waals surface area contributed by atoms with E-state index in [-0.39, 0.29) is 42.8 Å². The maximum Gasteiger partial charge on any atom is 0.120 e. The largest absolute Gasteiger partial charge is 0.508 e. The third-order valence-corrected chi connectivity index (χ3v) is 6.55. The van der Waals surface area contributed by atoms with Crippen LogP contribution in [-0.2, 0) is 18.6 Å². The van der Waals surface area contributed by atoms with E-state index in [9.17, 15) is 5.11 Å². The molecule has 2 aromatic rings. The van der Waals surface area contributed by atoms with Gasteiger partial charge in [-0.15, -0.1) is 37.2 Å². The molecule has 31 heavy (non-hydrogen) atoms. The van der Waals surface area contributed by atoms with Gasteiger partial charge in [-0.05, 0) is 43.1 Å². The zero-order valence-electron chi connectivity index (χ0n) is 18.3. The fourth-order valence-corrected chi connectivity index (χ4v) is 4.70. The van der Waals surface area contributed by atoms with Crippen LogP contribution in [0.15, 0.2) is 48.5 Å². The molecular weight excluding hydrogens is 453 g/mol. The highest BCUT2D eigenvalue weighted by atomic mass is 35.5. The third-order valence-electron chi connectivity index (χ3n) is 6.55. The number of hydrogen-bond acceptors (Lipinski definition) is 4. The Balaban J connectivity index is 0.00000160. The second kappa shape index (κ2) is 12.9. The minimum Gasteiger partial charge on any atom is -0.508 e. The smallest absolute Gasteiger partial charge is 0.120 e. The van der Waals surface area contributed by atoms with Crippen molar-refractivity contribution < 1.29 is 5.11 Å². The monoisotopic (exact) mass is 487 g/mol. The van der Waals surface area contributed by atoms with Gasteiger partial charge >= 0.3 is 0 Å². The topological polar surface area (TPSA) is 38.7 Å². The second-order valence-corrected chi connectivity index (χ2v) is 8.55. The quantitative estimate of drug-likeness (QED) is 0.602. The van der Waals surface area contributed by atoms with Crippen LogP contribution in [0.2, 0.25) is 0 Å². The fraction of sp³-hybridized carbons (Fsp3) is 0.500. The number of piperazine rings is 1. The highest BCUT2D eigenvalue weighted by Crippen LogP contribution is 2.39. The van der Waals surface area contributed by atoms with E-state index >= 15 is 0 Å². The number of halogens is 3. The first kappa shape index (κ1) is 28.0. The molecular formula is C24H36Cl3N3O. The maximum absolute atomic E-state index is 10.4. The molecule has 1 aliphatic carbocycles. The van der Waals surface area contributed by atoms with Crippen molar-refractivity contribution >= 4 is 37.2 Å². The van der Waals surface area contributed by atoms with Crippen LogP contribution < -0.4 is 5.32 Å². The second-order valence-electron chi connectivity index (χ2n) is 8.55. The number of aromatic hydroxyl groups is 1. The predicted octanol–water partition coefficient (Wildman–Crippen LogP) is 4.96.